The smallest absolute Gasteiger partial charge is 0.306 e. The molecular formula is C77H132O6. The van der Waals surface area contributed by atoms with Gasteiger partial charge in [-0.1, -0.05) is 342 Å². The minimum atomic E-state index is -0.780. The van der Waals surface area contributed by atoms with Crippen LogP contribution in [0.4, 0.5) is 0 Å². The summed E-state index contributed by atoms with van der Waals surface area (Å²) in [4.78, 5) is 38.4. The first-order valence-electron chi connectivity index (χ1n) is 35.4. The summed E-state index contributed by atoms with van der Waals surface area (Å²) in [7, 11) is 0. The largest absolute Gasteiger partial charge is 0.462 e. The molecule has 6 nitrogen and oxygen atoms in total. The van der Waals surface area contributed by atoms with Crippen molar-refractivity contribution in [3.63, 3.8) is 0 Å². The lowest BCUT2D eigenvalue weighted by Gasteiger charge is -2.18. The zero-order chi connectivity index (χ0) is 59.9. The lowest BCUT2D eigenvalue weighted by molar-refractivity contribution is -0.167. The topological polar surface area (TPSA) is 78.9 Å². The van der Waals surface area contributed by atoms with E-state index in [1.807, 2.05) is 0 Å². The standard InChI is InChI=1S/C77H132O6/c1-4-7-10-13-16-19-22-25-27-29-30-31-32-33-34-35-36-37-38-39-40-41-42-43-44-45-46-48-49-52-55-58-61-64-67-70-76(79)82-73-74(72-81-75(78)69-66-63-60-57-54-51-24-21-18-15-12-9-6-3)83-77(80)71-68-65-62-59-56-53-50-47-28-26-23-20-17-14-11-8-5-2/h7,10,16,19,25,27,30-31,33-34,36-37,39-40,42-43,45-46,74H,4-6,8-9,11-15,17-18,20-24,26,28-29,32,35,38,41,44,47-73H2,1-3H3/b10-7-,19-16-,27-25-,31-30-,34-33-,37-36-,40-39-,43-42-,46-45-. The third kappa shape index (κ3) is 68.7. The van der Waals surface area contributed by atoms with Crippen LogP contribution >= 0.6 is 0 Å². The fourth-order valence-corrected chi connectivity index (χ4v) is 10.0. The first kappa shape index (κ1) is 79.1. The fraction of sp³-hybridized carbons (Fsp3) is 0.727. The van der Waals surface area contributed by atoms with Crippen molar-refractivity contribution in [2.45, 2.75) is 348 Å². The number of hydrogen-bond acceptors (Lipinski definition) is 6. The van der Waals surface area contributed by atoms with Gasteiger partial charge in [-0.3, -0.25) is 14.4 Å². The highest BCUT2D eigenvalue weighted by molar-refractivity contribution is 5.71. The summed E-state index contributed by atoms with van der Waals surface area (Å²) in [6, 6.07) is 0. The monoisotopic (exact) mass is 1150 g/mol. The van der Waals surface area contributed by atoms with Gasteiger partial charge in [0.2, 0.25) is 0 Å². The van der Waals surface area contributed by atoms with E-state index in [-0.39, 0.29) is 31.1 Å². The highest BCUT2D eigenvalue weighted by atomic mass is 16.6. The van der Waals surface area contributed by atoms with E-state index in [0.29, 0.717) is 19.3 Å². The predicted octanol–water partition coefficient (Wildman–Crippen LogP) is 24.6. The molecule has 476 valence electrons. The summed E-state index contributed by atoms with van der Waals surface area (Å²) in [5, 5.41) is 0. The number of hydrogen-bond donors (Lipinski definition) is 0. The molecule has 0 radical (unpaired) electrons. The minimum absolute atomic E-state index is 0.0761. The van der Waals surface area contributed by atoms with Gasteiger partial charge in [0.15, 0.2) is 6.10 Å². The van der Waals surface area contributed by atoms with Gasteiger partial charge in [0, 0.05) is 19.3 Å². The minimum Gasteiger partial charge on any atom is -0.462 e. The Balaban J connectivity index is 4.25. The summed E-state index contributed by atoms with van der Waals surface area (Å²) in [5.74, 6) is -0.871. The first-order chi connectivity index (χ1) is 41.0. The van der Waals surface area contributed by atoms with E-state index >= 15 is 0 Å². The van der Waals surface area contributed by atoms with Crippen LogP contribution in [0.5, 0.6) is 0 Å². The average Bonchev–Trinajstić information content (AvgIpc) is 3.49. The van der Waals surface area contributed by atoms with Crippen LogP contribution in [0, 0.1) is 0 Å². The van der Waals surface area contributed by atoms with E-state index in [9.17, 15) is 14.4 Å². The van der Waals surface area contributed by atoms with Gasteiger partial charge in [-0.25, -0.2) is 0 Å². The van der Waals surface area contributed by atoms with E-state index < -0.39 is 6.10 Å². The molecule has 0 aromatic carbocycles. The molecule has 0 aliphatic heterocycles. The van der Waals surface area contributed by atoms with E-state index in [2.05, 4.69) is 130 Å². The van der Waals surface area contributed by atoms with Crippen molar-refractivity contribution in [3.05, 3.63) is 109 Å². The SMILES string of the molecule is CC/C=C\C/C=C\C/C=C\C/C=C\C/C=C\C/C=C\C/C=C\C/C=C\C/C=C\CCCCCCCCCC(=O)OCC(COC(=O)CCCCCCCCCCCCCCC)OC(=O)CCCCCCCCCCCCCCCCCCC. The normalized spacial score (nSPS) is 12.8. The highest BCUT2D eigenvalue weighted by Gasteiger charge is 2.19. The molecule has 1 atom stereocenters. The molecule has 0 aliphatic rings. The molecule has 0 N–H and O–H groups in total. The van der Waals surface area contributed by atoms with E-state index in [1.165, 1.54) is 180 Å². The maximum atomic E-state index is 12.9. The van der Waals surface area contributed by atoms with Gasteiger partial charge >= 0.3 is 17.9 Å². The molecule has 0 amide bonds. The maximum absolute atomic E-state index is 12.9. The van der Waals surface area contributed by atoms with Gasteiger partial charge < -0.3 is 14.2 Å². The van der Waals surface area contributed by atoms with Crippen molar-refractivity contribution in [2.75, 3.05) is 13.2 Å². The Labute approximate surface area is 514 Å². The lowest BCUT2D eigenvalue weighted by atomic mass is 10.0. The second kappa shape index (κ2) is 70.6. The van der Waals surface area contributed by atoms with Crippen molar-refractivity contribution >= 4 is 17.9 Å². The third-order valence-corrected chi connectivity index (χ3v) is 15.3. The zero-order valence-electron chi connectivity index (χ0n) is 54.7. The molecule has 0 fully saturated rings. The molecule has 0 saturated carbocycles. The summed E-state index contributed by atoms with van der Waals surface area (Å²) in [6.07, 6.45) is 96.8. The fourth-order valence-electron chi connectivity index (χ4n) is 10.0. The van der Waals surface area contributed by atoms with Crippen LogP contribution in [0.2, 0.25) is 0 Å². The highest BCUT2D eigenvalue weighted by Crippen LogP contribution is 2.17. The van der Waals surface area contributed by atoms with Crippen LogP contribution in [0.3, 0.4) is 0 Å². The summed E-state index contributed by atoms with van der Waals surface area (Å²) < 4.78 is 17.0. The maximum Gasteiger partial charge on any atom is 0.306 e. The van der Waals surface area contributed by atoms with Crippen molar-refractivity contribution in [1.82, 2.24) is 0 Å². The van der Waals surface area contributed by atoms with Crippen LogP contribution in [0.25, 0.3) is 0 Å². The number of ether oxygens (including phenoxy) is 3. The molecule has 0 aromatic heterocycles. The molecule has 6 heteroatoms. The molecule has 0 heterocycles. The van der Waals surface area contributed by atoms with Crippen molar-refractivity contribution in [2.24, 2.45) is 0 Å². The first-order valence-corrected chi connectivity index (χ1v) is 35.4. The quantitative estimate of drug-likeness (QED) is 0.0261. The molecule has 0 aromatic rings. The molecule has 0 spiro atoms. The van der Waals surface area contributed by atoms with E-state index in [0.717, 1.165) is 122 Å². The molecule has 0 rings (SSSR count). The molecule has 0 saturated heterocycles. The predicted molar refractivity (Wildman–Crippen MR) is 362 cm³/mol. The number of allylic oxidation sites excluding steroid dienone is 18. The number of carbonyl (C=O) groups excluding carboxylic acids is 3. The summed E-state index contributed by atoms with van der Waals surface area (Å²) in [6.45, 7) is 6.56. The van der Waals surface area contributed by atoms with Crippen molar-refractivity contribution in [1.29, 1.82) is 0 Å². The average molecular weight is 1150 g/mol. The van der Waals surface area contributed by atoms with E-state index in [4.69, 9.17) is 14.2 Å². The zero-order valence-corrected chi connectivity index (χ0v) is 54.7. The Bertz CT molecular complexity index is 1660. The summed E-state index contributed by atoms with van der Waals surface area (Å²) >= 11 is 0. The number of esters is 3. The van der Waals surface area contributed by atoms with Crippen molar-refractivity contribution in [3.8, 4) is 0 Å². The van der Waals surface area contributed by atoms with Crippen LogP contribution in [0.1, 0.15) is 342 Å². The molecular weight excluding hydrogens is 1020 g/mol. The van der Waals surface area contributed by atoms with Crippen LogP contribution in [-0.2, 0) is 28.6 Å². The molecule has 83 heavy (non-hydrogen) atoms. The lowest BCUT2D eigenvalue weighted by Crippen LogP contribution is -2.30. The van der Waals surface area contributed by atoms with E-state index in [1.54, 1.807) is 0 Å². The number of carbonyl (C=O) groups is 3. The van der Waals surface area contributed by atoms with Gasteiger partial charge in [0.1, 0.15) is 13.2 Å². The van der Waals surface area contributed by atoms with Gasteiger partial charge in [-0.15, -0.1) is 0 Å². The third-order valence-electron chi connectivity index (χ3n) is 15.3. The Morgan fingerprint density at radius 1 is 0.253 bits per heavy atom. The molecule has 0 bridgehead atoms. The number of unbranched alkanes of at least 4 members (excludes halogenated alkanes) is 35. The summed E-state index contributed by atoms with van der Waals surface area (Å²) in [5.41, 5.74) is 0. The van der Waals surface area contributed by atoms with Crippen molar-refractivity contribution < 1.29 is 28.6 Å². The second-order valence-electron chi connectivity index (χ2n) is 23.4. The van der Waals surface area contributed by atoms with Crippen LogP contribution in [0.15, 0.2) is 109 Å². The second-order valence-corrected chi connectivity index (χ2v) is 23.4. The van der Waals surface area contributed by atoms with Crippen LogP contribution in [-0.4, -0.2) is 37.2 Å². The Hall–Kier alpha value is -3.93. The number of rotatable bonds is 64. The van der Waals surface area contributed by atoms with Crippen LogP contribution < -0.4 is 0 Å². The Morgan fingerprint density at radius 2 is 0.470 bits per heavy atom. The Kier molecular flexibility index (Phi) is 67.2. The van der Waals surface area contributed by atoms with Gasteiger partial charge in [0.05, 0.1) is 0 Å². The van der Waals surface area contributed by atoms with Gasteiger partial charge in [-0.05, 0) is 89.9 Å². The Morgan fingerprint density at radius 3 is 0.735 bits per heavy atom. The molecule has 1 unspecified atom stereocenters. The van der Waals surface area contributed by atoms with Gasteiger partial charge in [0.25, 0.3) is 0 Å². The molecule has 0 aliphatic carbocycles. The van der Waals surface area contributed by atoms with Gasteiger partial charge in [-0.2, -0.15) is 0 Å².